The number of nitrogens with zero attached hydrogens (tertiary/aromatic N) is 7. The van der Waals surface area contributed by atoms with Crippen molar-refractivity contribution in [2.45, 2.75) is 25.0 Å². The molecule has 11 nitrogen and oxygen atoms in total. The van der Waals surface area contributed by atoms with Crippen LogP contribution in [0.15, 0.2) is 35.5 Å². The Morgan fingerprint density at radius 2 is 1.77 bits per heavy atom. The van der Waals surface area contributed by atoms with Gasteiger partial charge in [-0.1, -0.05) is 42.1 Å². The second kappa shape index (κ2) is 12.1. The molecule has 1 aliphatic heterocycles. The van der Waals surface area contributed by atoms with Crippen LogP contribution in [0.3, 0.4) is 0 Å². The number of aromatic nitrogens is 5. The third-order valence-corrected chi connectivity index (χ3v) is 6.75. The van der Waals surface area contributed by atoms with E-state index in [2.05, 4.69) is 65.1 Å². The molecule has 12 heteroatoms. The highest BCUT2D eigenvalue weighted by Crippen LogP contribution is 2.22. The summed E-state index contributed by atoms with van der Waals surface area (Å²) in [7, 11) is 2.15. The lowest BCUT2D eigenvalue weighted by atomic mass is 10.1. The predicted molar refractivity (Wildman–Crippen MR) is 139 cm³/mol. The summed E-state index contributed by atoms with van der Waals surface area (Å²) in [6, 6.07) is 10.1. The summed E-state index contributed by atoms with van der Waals surface area (Å²) in [4.78, 5) is 26.7. The molecule has 4 rings (SSSR count). The number of carbonyl (C=O) groups excluding carboxylic acids is 1. The summed E-state index contributed by atoms with van der Waals surface area (Å²) in [5.74, 6) is 1.69. The van der Waals surface area contributed by atoms with Gasteiger partial charge >= 0.3 is 0 Å². The highest BCUT2D eigenvalue weighted by Gasteiger charge is 2.22. The number of nitrogens with one attached hydrogen (secondary N) is 3. The lowest BCUT2D eigenvalue weighted by Gasteiger charge is -2.35. The first-order valence-electron chi connectivity index (χ1n) is 12.1. The van der Waals surface area contributed by atoms with Crippen molar-refractivity contribution in [2.24, 2.45) is 0 Å². The van der Waals surface area contributed by atoms with Crippen LogP contribution in [0.1, 0.15) is 25.5 Å². The predicted octanol–water partition coefficient (Wildman–Crippen LogP) is 1.58. The van der Waals surface area contributed by atoms with Gasteiger partial charge in [-0.05, 0) is 26.5 Å². The number of hydrogen-bond donors (Lipinski definition) is 3. The second-order valence-electron chi connectivity index (χ2n) is 8.47. The van der Waals surface area contributed by atoms with E-state index in [0.29, 0.717) is 35.9 Å². The average molecular weight is 499 g/mol. The van der Waals surface area contributed by atoms with E-state index in [4.69, 9.17) is 0 Å². The number of carbonyl (C=O) groups is 1. The first-order chi connectivity index (χ1) is 17.1. The number of hydrogen-bond acceptors (Lipinski definition) is 10. The van der Waals surface area contributed by atoms with E-state index in [9.17, 15) is 4.79 Å². The van der Waals surface area contributed by atoms with Gasteiger partial charge in [0.15, 0.2) is 5.16 Å². The number of likely N-dealkylation sites (N-methyl/N-ethyl adjacent to an activating group) is 1. The maximum atomic E-state index is 13.0. The molecule has 1 fully saturated rings. The van der Waals surface area contributed by atoms with Crippen molar-refractivity contribution in [1.29, 1.82) is 0 Å². The number of benzene rings is 1. The van der Waals surface area contributed by atoms with E-state index >= 15 is 0 Å². The Labute approximate surface area is 210 Å². The fourth-order valence-electron chi connectivity index (χ4n) is 3.97. The zero-order chi connectivity index (χ0) is 24.6. The maximum Gasteiger partial charge on any atom is 0.261 e. The first-order valence-corrected chi connectivity index (χ1v) is 13.0. The molecule has 3 aromatic rings. The van der Waals surface area contributed by atoms with E-state index in [1.54, 1.807) is 4.40 Å². The quantitative estimate of drug-likeness (QED) is 0.337. The molecule has 0 bridgehead atoms. The Hall–Kier alpha value is -2.96. The molecule has 0 spiro atoms. The number of fused-ring (bicyclic) bond motifs is 1. The van der Waals surface area contributed by atoms with Crippen LogP contribution >= 0.6 is 11.8 Å². The molecule has 3 N–H and O–H groups in total. The Bertz CT molecular complexity index is 1100. The molecular weight excluding hydrogens is 464 g/mol. The van der Waals surface area contributed by atoms with Crippen LogP contribution in [0.2, 0.25) is 0 Å². The molecule has 188 valence electrons. The maximum absolute atomic E-state index is 13.0. The molecule has 0 aliphatic carbocycles. The van der Waals surface area contributed by atoms with E-state index in [0.717, 1.165) is 38.3 Å². The largest absolute Gasteiger partial charge is 0.355 e. The molecule has 0 saturated carbocycles. The van der Waals surface area contributed by atoms with Gasteiger partial charge < -0.3 is 20.9 Å². The van der Waals surface area contributed by atoms with Gasteiger partial charge in [0, 0.05) is 45.8 Å². The molecule has 1 aliphatic rings. The van der Waals surface area contributed by atoms with Crippen molar-refractivity contribution < 1.29 is 4.79 Å². The fraction of sp³-hybridized carbons (Fsp3) is 0.522. The molecule has 1 saturated heterocycles. The SMILES string of the molecule is CCNc1nc(NCC)n2c(SCC(=O)NC(CN3CCN(C)CC3)c3ccccc3)nnc2n1. The van der Waals surface area contributed by atoms with Crippen molar-refractivity contribution in [3.8, 4) is 0 Å². The van der Waals surface area contributed by atoms with E-state index in [1.165, 1.54) is 11.8 Å². The minimum Gasteiger partial charge on any atom is -0.355 e. The standard InChI is InChI=1S/C23H34N10OS/c1-4-24-20-27-21(25-5-2)33-22(28-20)29-30-23(33)35-16-19(34)26-18(17-9-7-6-8-10-17)15-32-13-11-31(3)12-14-32/h6-10,18H,4-5,11-16H2,1-3H3,(H,26,34)(H2,24,25,27,28,29). The second-order valence-corrected chi connectivity index (χ2v) is 9.42. The Morgan fingerprint density at radius 3 is 2.49 bits per heavy atom. The minimum absolute atomic E-state index is 0.0510. The van der Waals surface area contributed by atoms with Gasteiger partial charge in [0.05, 0.1) is 11.8 Å². The molecular formula is C23H34N10OS. The zero-order valence-electron chi connectivity index (χ0n) is 20.6. The number of thioether (sulfide) groups is 1. The number of amides is 1. The van der Waals surface area contributed by atoms with Crippen molar-refractivity contribution in [1.82, 2.24) is 39.7 Å². The monoisotopic (exact) mass is 498 g/mol. The van der Waals surface area contributed by atoms with E-state index in [1.807, 2.05) is 32.0 Å². The Kier molecular flexibility index (Phi) is 8.72. The van der Waals surface area contributed by atoms with Gasteiger partial charge in [0.1, 0.15) is 0 Å². The highest BCUT2D eigenvalue weighted by atomic mass is 32.2. The van der Waals surface area contributed by atoms with Gasteiger partial charge in [-0.2, -0.15) is 9.97 Å². The average Bonchev–Trinajstić information content (AvgIpc) is 3.28. The van der Waals surface area contributed by atoms with E-state index < -0.39 is 0 Å². The van der Waals surface area contributed by atoms with Crippen LogP contribution in [-0.2, 0) is 4.79 Å². The summed E-state index contributed by atoms with van der Waals surface area (Å²) in [6.07, 6.45) is 0. The lowest BCUT2D eigenvalue weighted by Crippen LogP contribution is -2.48. The smallest absolute Gasteiger partial charge is 0.261 e. The van der Waals surface area contributed by atoms with Gasteiger partial charge in [0.2, 0.25) is 17.8 Å². The summed E-state index contributed by atoms with van der Waals surface area (Å²) in [6.45, 7) is 10.2. The van der Waals surface area contributed by atoms with E-state index in [-0.39, 0.29) is 17.7 Å². The molecule has 1 unspecified atom stereocenters. The molecule has 1 aromatic carbocycles. The van der Waals surface area contributed by atoms with Crippen LogP contribution in [0.25, 0.3) is 5.78 Å². The van der Waals surface area contributed by atoms with Crippen molar-refractivity contribution in [3.63, 3.8) is 0 Å². The van der Waals surface area contributed by atoms with Gasteiger partial charge in [0.25, 0.3) is 5.78 Å². The number of piperazine rings is 1. The van der Waals surface area contributed by atoms with Crippen LogP contribution in [0.5, 0.6) is 0 Å². The minimum atomic E-state index is -0.0776. The number of anilines is 2. The summed E-state index contributed by atoms with van der Waals surface area (Å²) in [5, 5.41) is 18.6. The van der Waals surface area contributed by atoms with Gasteiger partial charge in [-0.15, -0.1) is 10.2 Å². The summed E-state index contributed by atoms with van der Waals surface area (Å²) < 4.78 is 1.75. The fourth-order valence-corrected chi connectivity index (χ4v) is 4.71. The van der Waals surface area contributed by atoms with Gasteiger partial charge in [-0.25, -0.2) is 4.40 Å². The van der Waals surface area contributed by atoms with Crippen molar-refractivity contribution in [3.05, 3.63) is 35.9 Å². The van der Waals surface area contributed by atoms with Crippen LogP contribution in [0, 0.1) is 0 Å². The van der Waals surface area contributed by atoms with Crippen molar-refractivity contribution in [2.75, 3.05) is 69.2 Å². The topological polar surface area (TPSA) is 116 Å². The van der Waals surface area contributed by atoms with Gasteiger partial charge in [-0.3, -0.25) is 9.69 Å². The van der Waals surface area contributed by atoms with Crippen molar-refractivity contribution >= 4 is 35.3 Å². The summed E-state index contributed by atoms with van der Waals surface area (Å²) in [5.41, 5.74) is 1.11. The molecule has 3 heterocycles. The summed E-state index contributed by atoms with van der Waals surface area (Å²) >= 11 is 1.32. The molecule has 1 amide bonds. The lowest BCUT2D eigenvalue weighted by molar-refractivity contribution is -0.119. The highest BCUT2D eigenvalue weighted by molar-refractivity contribution is 7.99. The normalized spacial score (nSPS) is 15.7. The Balaban J connectivity index is 1.44. The molecule has 1 atom stereocenters. The molecule has 0 radical (unpaired) electrons. The van der Waals surface area contributed by atoms with Crippen LogP contribution in [0.4, 0.5) is 11.9 Å². The van der Waals surface area contributed by atoms with Crippen LogP contribution in [-0.4, -0.2) is 98.9 Å². The molecule has 35 heavy (non-hydrogen) atoms. The third kappa shape index (κ3) is 6.59. The zero-order valence-corrected chi connectivity index (χ0v) is 21.4. The van der Waals surface area contributed by atoms with Crippen LogP contribution < -0.4 is 16.0 Å². The number of rotatable bonds is 11. The molecule has 2 aromatic heterocycles. The Morgan fingerprint density at radius 1 is 1.03 bits per heavy atom. The third-order valence-electron chi connectivity index (χ3n) is 5.82. The first kappa shape index (κ1) is 25.1.